The Kier molecular flexibility index (Phi) is 3.63. The van der Waals surface area contributed by atoms with Crippen molar-refractivity contribution in [3.8, 4) is 22.0 Å². The summed E-state index contributed by atoms with van der Waals surface area (Å²) >= 11 is 10.8. The molecular formula is C15H7BrClFN4S. The molecule has 2 heterocycles. The van der Waals surface area contributed by atoms with Crippen LogP contribution in [0.1, 0.15) is 0 Å². The maximum atomic E-state index is 13.4. The molecule has 0 unspecified atom stereocenters. The van der Waals surface area contributed by atoms with Crippen molar-refractivity contribution in [3.05, 3.63) is 57.8 Å². The Bertz CT molecular complexity index is 1030. The molecule has 0 aliphatic carbocycles. The van der Waals surface area contributed by atoms with Gasteiger partial charge in [0.2, 0.25) is 4.96 Å². The van der Waals surface area contributed by atoms with Crippen LogP contribution in [0, 0.1) is 5.82 Å². The Morgan fingerprint density at radius 2 is 1.96 bits per heavy atom. The lowest BCUT2D eigenvalue weighted by Gasteiger charge is -2.00. The molecule has 0 amide bonds. The molecule has 2 aromatic heterocycles. The van der Waals surface area contributed by atoms with Gasteiger partial charge in [-0.05, 0) is 40.2 Å². The average molecular weight is 410 g/mol. The first-order chi connectivity index (χ1) is 11.1. The van der Waals surface area contributed by atoms with Crippen LogP contribution in [0.25, 0.3) is 26.9 Å². The molecule has 0 aliphatic rings. The Balaban J connectivity index is 1.87. The first kappa shape index (κ1) is 14.7. The summed E-state index contributed by atoms with van der Waals surface area (Å²) in [6.45, 7) is 0. The van der Waals surface area contributed by atoms with Crippen LogP contribution in [0.15, 0.2) is 46.9 Å². The van der Waals surface area contributed by atoms with Crippen molar-refractivity contribution >= 4 is 43.8 Å². The van der Waals surface area contributed by atoms with E-state index in [1.807, 2.05) is 24.3 Å². The molecule has 0 bridgehead atoms. The molecule has 0 aliphatic heterocycles. The fraction of sp³-hybridized carbons (Fsp3) is 0. The molecule has 0 fully saturated rings. The molecule has 23 heavy (non-hydrogen) atoms. The van der Waals surface area contributed by atoms with Crippen LogP contribution in [0.4, 0.5) is 4.39 Å². The quantitative estimate of drug-likeness (QED) is 0.464. The van der Waals surface area contributed by atoms with Crippen molar-refractivity contribution in [1.29, 1.82) is 0 Å². The standard InChI is InChI=1S/C15H7BrClFN4S/c16-10-7-8(5-6-12(10)18)13-19-20-15-22(13)21-14(23-15)9-3-1-2-4-11(9)17/h1-7H. The molecule has 114 valence electrons. The van der Waals surface area contributed by atoms with Crippen LogP contribution < -0.4 is 0 Å². The van der Waals surface area contributed by atoms with Gasteiger partial charge in [0.25, 0.3) is 0 Å². The van der Waals surface area contributed by atoms with Gasteiger partial charge in [0, 0.05) is 11.1 Å². The van der Waals surface area contributed by atoms with Crippen molar-refractivity contribution in [2.45, 2.75) is 0 Å². The van der Waals surface area contributed by atoms with E-state index in [9.17, 15) is 4.39 Å². The van der Waals surface area contributed by atoms with Crippen LogP contribution in [0.3, 0.4) is 0 Å². The van der Waals surface area contributed by atoms with Gasteiger partial charge in [-0.2, -0.15) is 9.61 Å². The summed E-state index contributed by atoms with van der Waals surface area (Å²) in [5.74, 6) is 0.222. The maximum Gasteiger partial charge on any atom is 0.235 e. The molecule has 0 saturated heterocycles. The second-order valence-electron chi connectivity index (χ2n) is 4.73. The molecule has 0 saturated carbocycles. The zero-order chi connectivity index (χ0) is 16.0. The van der Waals surface area contributed by atoms with E-state index >= 15 is 0 Å². The van der Waals surface area contributed by atoms with E-state index in [1.54, 1.807) is 16.6 Å². The molecule has 8 heteroatoms. The highest BCUT2D eigenvalue weighted by atomic mass is 79.9. The third kappa shape index (κ3) is 2.54. The van der Waals surface area contributed by atoms with E-state index in [4.69, 9.17) is 11.6 Å². The highest BCUT2D eigenvalue weighted by molar-refractivity contribution is 9.10. The number of halogens is 3. The molecule has 4 aromatic rings. The Morgan fingerprint density at radius 1 is 1.13 bits per heavy atom. The molecule has 0 spiro atoms. The maximum absolute atomic E-state index is 13.4. The average Bonchev–Trinajstić information content (AvgIpc) is 3.11. The number of rotatable bonds is 2. The molecule has 4 rings (SSSR count). The van der Waals surface area contributed by atoms with E-state index in [0.29, 0.717) is 20.3 Å². The fourth-order valence-corrected chi connectivity index (χ4v) is 3.71. The summed E-state index contributed by atoms with van der Waals surface area (Å²) in [4.78, 5) is 0.648. The van der Waals surface area contributed by atoms with Gasteiger partial charge in [-0.3, -0.25) is 0 Å². The third-order valence-electron chi connectivity index (χ3n) is 3.27. The summed E-state index contributed by atoms with van der Waals surface area (Å²) in [6, 6.07) is 12.2. The van der Waals surface area contributed by atoms with Crippen molar-refractivity contribution in [3.63, 3.8) is 0 Å². The van der Waals surface area contributed by atoms with E-state index in [0.717, 1.165) is 16.1 Å². The van der Waals surface area contributed by atoms with E-state index in [-0.39, 0.29) is 5.82 Å². The lowest BCUT2D eigenvalue weighted by Crippen LogP contribution is -1.92. The Morgan fingerprint density at radius 3 is 2.74 bits per heavy atom. The number of hydrogen-bond acceptors (Lipinski definition) is 4. The minimum Gasteiger partial charge on any atom is -0.206 e. The number of hydrogen-bond donors (Lipinski definition) is 0. The lowest BCUT2D eigenvalue weighted by atomic mass is 10.2. The fourth-order valence-electron chi connectivity index (χ4n) is 2.18. The van der Waals surface area contributed by atoms with Crippen LogP contribution in [0.5, 0.6) is 0 Å². The predicted octanol–water partition coefficient (Wildman–Crippen LogP) is 5.07. The van der Waals surface area contributed by atoms with Gasteiger partial charge in [-0.15, -0.1) is 10.2 Å². The zero-order valence-electron chi connectivity index (χ0n) is 11.4. The molecule has 0 N–H and O–H groups in total. The highest BCUT2D eigenvalue weighted by Gasteiger charge is 2.16. The molecule has 2 aromatic carbocycles. The SMILES string of the molecule is Fc1ccc(-c2nnc3sc(-c4ccccc4Cl)nn23)cc1Br. The van der Waals surface area contributed by atoms with Crippen LogP contribution in [-0.4, -0.2) is 19.8 Å². The molecule has 4 nitrogen and oxygen atoms in total. The Hall–Kier alpha value is -1.83. The van der Waals surface area contributed by atoms with E-state index < -0.39 is 0 Å². The number of benzene rings is 2. The predicted molar refractivity (Wildman–Crippen MR) is 92.2 cm³/mol. The van der Waals surface area contributed by atoms with Gasteiger partial charge in [-0.1, -0.05) is 41.1 Å². The zero-order valence-corrected chi connectivity index (χ0v) is 14.5. The number of nitrogens with zero attached hydrogens (tertiary/aromatic N) is 4. The summed E-state index contributed by atoms with van der Waals surface area (Å²) in [5.41, 5.74) is 1.57. The topological polar surface area (TPSA) is 43.1 Å². The largest absolute Gasteiger partial charge is 0.235 e. The second-order valence-corrected chi connectivity index (χ2v) is 6.95. The van der Waals surface area contributed by atoms with Crippen molar-refractivity contribution in [1.82, 2.24) is 19.8 Å². The summed E-state index contributed by atoms with van der Waals surface area (Å²) < 4.78 is 15.4. The van der Waals surface area contributed by atoms with Gasteiger partial charge in [-0.25, -0.2) is 4.39 Å². The van der Waals surface area contributed by atoms with E-state index in [2.05, 4.69) is 31.2 Å². The lowest BCUT2D eigenvalue weighted by molar-refractivity contribution is 0.621. The van der Waals surface area contributed by atoms with Gasteiger partial charge in [0.05, 0.1) is 9.50 Å². The molecule has 0 radical (unpaired) electrons. The van der Waals surface area contributed by atoms with E-state index in [1.165, 1.54) is 17.4 Å². The van der Waals surface area contributed by atoms with Gasteiger partial charge in [0.15, 0.2) is 5.82 Å². The normalized spacial score (nSPS) is 11.3. The van der Waals surface area contributed by atoms with Gasteiger partial charge < -0.3 is 0 Å². The smallest absolute Gasteiger partial charge is 0.206 e. The molecule has 0 atom stereocenters. The summed E-state index contributed by atoms with van der Waals surface area (Å²) in [5, 5.41) is 14.2. The van der Waals surface area contributed by atoms with Gasteiger partial charge >= 0.3 is 0 Å². The second kappa shape index (κ2) is 5.67. The Labute approximate surface area is 147 Å². The van der Waals surface area contributed by atoms with Crippen LogP contribution in [-0.2, 0) is 0 Å². The minimum atomic E-state index is -0.329. The number of fused-ring (bicyclic) bond motifs is 1. The van der Waals surface area contributed by atoms with Gasteiger partial charge in [0.1, 0.15) is 10.8 Å². The monoisotopic (exact) mass is 408 g/mol. The first-order valence-corrected chi connectivity index (χ1v) is 8.55. The molecular weight excluding hydrogens is 403 g/mol. The summed E-state index contributed by atoms with van der Waals surface area (Å²) in [7, 11) is 0. The highest BCUT2D eigenvalue weighted by Crippen LogP contribution is 2.32. The third-order valence-corrected chi connectivity index (χ3v) is 5.14. The van der Waals surface area contributed by atoms with Crippen molar-refractivity contribution in [2.75, 3.05) is 0 Å². The van der Waals surface area contributed by atoms with Crippen molar-refractivity contribution < 1.29 is 4.39 Å². The van der Waals surface area contributed by atoms with Crippen molar-refractivity contribution in [2.24, 2.45) is 0 Å². The number of aromatic nitrogens is 4. The first-order valence-electron chi connectivity index (χ1n) is 6.56. The van der Waals surface area contributed by atoms with Crippen LogP contribution in [0.2, 0.25) is 5.02 Å². The minimum absolute atomic E-state index is 0.329. The summed E-state index contributed by atoms with van der Waals surface area (Å²) in [6.07, 6.45) is 0. The van der Waals surface area contributed by atoms with Crippen LogP contribution >= 0.6 is 38.9 Å².